The second-order valence-electron chi connectivity index (χ2n) is 2.22. The average molecular weight is 214 g/mol. The molecule has 0 fully saturated rings. The fourth-order valence-corrected chi connectivity index (χ4v) is 1.21. The average Bonchev–Trinajstić information content (AvgIpc) is 2.03. The zero-order valence-electron chi connectivity index (χ0n) is 5.83. The second-order valence-corrected chi connectivity index (χ2v) is 3.13. The van der Waals surface area contributed by atoms with E-state index in [9.17, 15) is 4.79 Å². The van der Waals surface area contributed by atoms with Gasteiger partial charge in [-0.3, -0.25) is 0 Å². The second kappa shape index (κ2) is 3.64. The monoisotopic (exact) mass is 213 g/mol. The highest BCUT2D eigenvalue weighted by atomic mass is 79.9. The molecule has 0 amide bonds. The van der Waals surface area contributed by atoms with Gasteiger partial charge in [-0.05, 0) is 17.7 Å². The molecule has 1 atom stereocenters. The van der Waals surface area contributed by atoms with Crippen LogP contribution in [-0.2, 0) is 4.79 Å². The van der Waals surface area contributed by atoms with Gasteiger partial charge < -0.3 is 10.5 Å². The third kappa shape index (κ3) is 2.13. The number of hydrogen-bond donors (Lipinski definition) is 1. The predicted octanol–water partition coefficient (Wildman–Crippen LogP) is 1.65. The van der Waals surface area contributed by atoms with Crippen LogP contribution in [0.25, 0.3) is 0 Å². The van der Waals surface area contributed by atoms with E-state index in [1.807, 2.05) is 24.3 Å². The fraction of sp³-hybridized carbons (Fsp3) is 0.125. The first kappa shape index (κ1) is 8.43. The predicted molar refractivity (Wildman–Crippen MR) is 47.1 cm³/mol. The minimum Gasteiger partial charge on any atom is -0.318 e. The first-order valence-corrected chi connectivity index (χ1v) is 3.99. The van der Waals surface area contributed by atoms with Crippen LogP contribution in [0.2, 0.25) is 0 Å². The molecule has 2 N–H and O–H groups in total. The van der Waals surface area contributed by atoms with Gasteiger partial charge in [-0.25, -0.2) is 0 Å². The molecular weight excluding hydrogens is 206 g/mol. The number of nitrogens with two attached hydrogens (primary N) is 1. The number of carbonyl (C=O) groups excluding carboxylic acids is 1. The topological polar surface area (TPSA) is 43.1 Å². The molecule has 0 aliphatic heterocycles. The van der Waals surface area contributed by atoms with Crippen molar-refractivity contribution in [1.82, 2.24) is 0 Å². The Morgan fingerprint density at radius 2 is 2.27 bits per heavy atom. The summed E-state index contributed by atoms with van der Waals surface area (Å²) >= 11 is 3.29. The summed E-state index contributed by atoms with van der Waals surface area (Å²) in [6, 6.07) is 6.89. The Morgan fingerprint density at radius 1 is 1.55 bits per heavy atom. The Labute approximate surface area is 73.5 Å². The molecule has 58 valence electrons. The molecule has 1 aromatic carbocycles. The lowest BCUT2D eigenvalue weighted by molar-refractivity contribution is -0.109. The molecule has 0 saturated carbocycles. The Kier molecular flexibility index (Phi) is 2.79. The van der Waals surface area contributed by atoms with E-state index in [4.69, 9.17) is 5.73 Å². The van der Waals surface area contributed by atoms with E-state index in [2.05, 4.69) is 15.9 Å². The first-order chi connectivity index (χ1) is 5.24. The third-order valence-electron chi connectivity index (χ3n) is 1.38. The highest BCUT2D eigenvalue weighted by Crippen LogP contribution is 2.14. The number of rotatable bonds is 2. The van der Waals surface area contributed by atoms with Gasteiger partial charge in [0.2, 0.25) is 0 Å². The summed E-state index contributed by atoms with van der Waals surface area (Å²) in [5.41, 5.74) is 6.30. The maximum atomic E-state index is 10.3. The number of carbonyl (C=O) groups is 1. The first-order valence-electron chi connectivity index (χ1n) is 3.20. The molecule has 0 aromatic heterocycles. The number of aldehydes is 1. The van der Waals surface area contributed by atoms with Gasteiger partial charge in [-0.15, -0.1) is 0 Å². The molecule has 0 aliphatic rings. The van der Waals surface area contributed by atoms with Crippen molar-refractivity contribution in [2.45, 2.75) is 6.04 Å². The van der Waals surface area contributed by atoms with Crippen molar-refractivity contribution in [3.8, 4) is 0 Å². The zero-order valence-corrected chi connectivity index (χ0v) is 7.41. The SMILES string of the molecule is NC(C=O)c1cccc(Br)c1. The Bertz CT molecular complexity index is 262. The molecule has 0 spiro atoms. The van der Waals surface area contributed by atoms with Crippen molar-refractivity contribution in [2.24, 2.45) is 5.73 Å². The lowest BCUT2D eigenvalue weighted by Crippen LogP contribution is -2.10. The van der Waals surface area contributed by atoms with Crippen LogP contribution in [0.15, 0.2) is 28.7 Å². The summed E-state index contributed by atoms with van der Waals surface area (Å²) in [7, 11) is 0. The minimum absolute atomic E-state index is 0.507. The lowest BCUT2D eigenvalue weighted by atomic mass is 10.1. The van der Waals surface area contributed by atoms with Gasteiger partial charge in [0, 0.05) is 4.47 Å². The molecule has 11 heavy (non-hydrogen) atoms. The molecule has 3 heteroatoms. The Morgan fingerprint density at radius 3 is 2.82 bits per heavy atom. The van der Waals surface area contributed by atoms with Gasteiger partial charge in [-0.2, -0.15) is 0 Å². The van der Waals surface area contributed by atoms with Crippen molar-refractivity contribution in [2.75, 3.05) is 0 Å². The standard InChI is InChI=1S/C8H8BrNO/c9-7-3-1-2-6(4-7)8(10)5-11/h1-5,8H,10H2. The van der Waals surface area contributed by atoms with Gasteiger partial charge in [0.15, 0.2) is 0 Å². The molecular formula is C8H8BrNO. The molecule has 2 nitrogen and oxygen atoms in total. The maximum Gasteiger partial charge on any atom is 0.141 e. The maximum absolute atomic E-state index is 10.3. The van der Waals surface area contributed by atoms with Crippen LogP contribution in [0.5, 0.6) is 0 Å². The zero-order chi connectivity index (χ0) is 8.27. The van der Waals surface area contributed by atoms with Crippen LogP contribution in [-0.4, -0.2) is 6.29 Å². The van der Waals surface area contributed by atoms with Gasteiger partial charge in [0.25, 0.3) is 0 Å². The van der Waals surface area contributed by atoms with Crippen molar-refractivity contribution in [1.29, 1.82) is 0 Å². The van der Waals surface area contributed by atoms with Crippen LogP contribution >= 0.6 is 15.9 Å². The number of benzene rings is 1. The van der Waals surface area contributed by atoms with E-state index in [0.29, 0.717) is 0 Å². The van der Waals surface area contributed by atoms with Crippen LogP contribution in [0.3, 0.4) is 0 Å². The van der Waals surface area contributed by atoms with Crippen molar-refractivity contribution in [3.63, 3.8) is 0 Å². The molecule has 0 heterocycles. The molecule has 1 rings (SSSR count). The van der Waals surface area contributed by atoms with Crippen LogP contribution in [0, 0.1) is 0 Å². The van der Waals surface area contributed by atoms with E-state index < -0.39 is 6.04 Å². The molecule has 0 saturated heterocycles. The van der Waals surface area contributed by atoms with E-state index in [-0.39, 0.29) is 0 Å². The smallest absolute Gasteiger partial charge is 0.141 e. The van der Waals surface area contributed by atoms with E-state index >= 15 is 0 Å². The summed E-state index contributed by atoms with van der Waals surface area (Å²) in [6.07, 6.45) is 0.724. The van der Waals surface area contributed by atoms with Crippen molar-refractivity contribution < 1.29 is 4.79 Å². The van der Waals surface area contributed by atoms with E-state index in [1.165, 1.54) is 0 Å². The largest absolute Gasteiger partial charge is 0.318 e. The summed E-state index contributed by atoms with van der Waals surface area (Å²) in [6.45, 7) is 0. The van der Waals surface area contributed by atoms with Gasteiger partial charge in [0.1, 0.15) is 6.29 Å². The lowest BCUT2D eigenvalue weighted by Gasteiger charge is -2.02. The van der Waals surface area contributed by atoms with Crippen molar-refractivity contribution >= 4 is 22.2 Å². The van der Waals surface area contributed by atoms with Crippen molar-refractivity contribution in [3.05, 3.63) is 34.3 Å². The molecule has 0 radical (unpaired) electrons. The normalized spacial score (nSPS) is 12.5. The quantitative estimate of drug-likeness (QED) is 0.760. The third-order valence-corrected chi connectivity index (χ3v) is 1.87. The minimum atomic E-state index is -0.507. The van der Waals surface area contributed by atoms with Crippen LogP contribution in [0.1, 0.15) is 11.6 Å². The van der Waals surface area contributed by atoms with E-state index in [1.54, 1.807) is 0 Å². The van der Waals surface area contributed by atoms with Crippen LogP contribution in [0.4, 0.5) is 0 Å². The Hall–Kier alpha value is -0.670. The van der Waals surface area contributed by atoms with Gasteiger partial charge in [-0.1, -0.05) is 28.1 Å². The summed E-state index contributed by atoms with van der Waals surface area (Å²) < 4.78 is 0.937. The highest BCUT2D eigenvalue weighted by Gasteiger charge is 2.02. The summed E-state index contributed by atoms with van der Waals surface area (Å²) in [4.78, 5) is 10.3. The molecule has 0 bridgehead atoms. The number of hydrogen-bond acceptors (Lipinski definition) is 2. The summed E-state index contributed by atoms with van der Waals surface area (Å²) in [5, 5.41) is 0. The highest BCUT2D eigenvalue weighted by molar-refractivity contribution is 9.10. The van der Waals surface area contributed by atoms with E-state index in [0.717, 1.165) is 16.3 Å². The summed E-state index contributed by atoms with van der Waals surface area (Å²) in [5.74, 6) is 0. The van der Waals surface area contributed by atoms with Crippen LogP contribution < -0.4 is 5.73 Å². The molecule has 1 unspecified atom stereocenters. The molecule has 1 aromatic rings. The fourth-order valence-electron chi connectivity index (χ4n) is 0.792. The van der Waals surface area contributed by atoms with Gasteiger partial charge >= 0.3 is 0 Å². The Balaban J connectivity index is 2.95. The molecule has 0 aliphatic carbocycles. The number of halogens is 1. The van der Waals surface area contributed by atoms with Gasteiger partial charge in [0.05, 0.1) is 6.04 Å².